The van der Waals surface area contributed by atoms with Gasteiger partial charge in [0.1, 0.15) is 5.82 Å². The normalized spacial score (nSPS) is 11.3. The maximum Gasteiger partial charge on any atom is 0.192 e. The molecule has 0 unspecified atom stereocenters. The number of benzene rings is 1. The van der Waals surface area contributed by atoms with Crippen molar-refractivity contribution >= 4 is 52.2 Å². The van der Waals surface area contributed by atoms with Crippen LogP contribution in [0.1, 0.15) is 22.1 Å². The summed E-state index contributed by atoms with van der Waals surface area (Å²) >= 11 is 1.72. The number of hydrogen-bond donors (Lipinski definition) is 2. The predicted molar refractivity (Wildman–Crippen MR) is 132 cm³/mol. The lowest BCUT2D eigenvalue weighted by atomic mass is 10.1. The highest BCUT2D eigenvalue weighted by Crippen LogP contribution is 2.17. The van der Waals surface area contributed by atoms with Crippen molar-refractivity contribution in [2.24, 2.45) is 12.0 Å². The van der Waals surface area contributed by atoms with Crippen LogP contribution in [0.25, 0.3) is 10.9 Å². The van der Waals surface area contributed by atoms with E-state index in [-0.39, 0.29) is 24.0 Å². The van der Waals surface area contributed by atoms with Gasteiger partial charge in [-0.1, -0.05) is 24.3 Å². The first-order valence-corrected chi connectivity index (χ1v) is 10.3. The van der Waals surface area contributed by atoms with E-state index in [1.54, 1.807) is 11.3 Å². The van der Waals surface area contributed by atoms with Crippen molar-refractivity contribution < 1.29 is 0 Å². The summed E-state index contributed by atoms with van der Waals surface area (Å²) in [6, 6.07) is 14.3. The number of nitrogens with one attached hydrogen (secondary N) is 2. The molecule has 0 saturated heterocycles. The van der Waals surface area contributed by atoms with Gasteiger partial charge in [-0.3, -0.25) is 4.98 Å². The third-order valence-electron chi connectivity index (χ3n) is 4.75. The minimum atomic E-state index is 0. The molecule has 0 amide bonds. The van der Waals surface area contributed by atoms with Gasteiger partial charge in [-0.15, -0.1) is 45.5 Å². The standard InChI is InChI=1S/C21H23N7S.HI/c1-15-26-27-20(28(15)2)14-25-21(24-13-17-6-5-11-29-17)23-12-16-9-10-22-19-8-4-3-7-18(16)19;/h3-11H,12-14H2,1-2H3,(H2,23,24,25);1H. The third kappa shape index (κ3) is 5.33. The summed E-state index contributed by atoms with van der Waals surface area (Å²) in [4.78, 5) is 10.5. The third-order valence-corrected chi connectivity index (χ3v) is 5.63. The van der Waals surface area contributed by atoms with Crippen molar-refractivity contribution in [3.8, 4) is 0 Å². The van der Waals surface area contributed by atoms with Gasteiger partial charge < -0.3 is 15.2 Å². The zero-order valence-electron chi connectivity index (χ0n) is 16.9. The first-order valence-electron chi connectivity index (χ1n) is 9.43. The molecule has 30 heavy (non-hydrogen) atoms. The summed E-state index contributed by atoms with van der Waals surface area (Å²) < 4.78 is 1.97. The SMILES string of the molecule is Cc1nnc(CNC(=NCc2ccnc3ccccc23)NCc2cccs2)n1C.I. The Morgan fingerprint density at radius 2 is 1.90 bits per heavy atom. The Bertz CT molecular complexity index is 1120. The van der Waals surface area contributed by atoms with Gasteiger partial charge in [0.15, 0.2) is 11.8 Å². The minimum Gasteiger partial charge on any atom is -0.351 e. The number of nitrogens with zero attached hydrogens (tertiary/aromatic N) is 5. The lowest BCUT2D eigenvalue weighted by molar-refractivity contribution is 0.715. The molecule has 3 heterocycles. The fourth-order valence-corrected chi connectivity index (χ4v) is 3.63. The van der Waals surface area contributed by atoms with Crippen molar-refractivity contribution in [3.63, 3.8) is 0 Å². The summed E-state index contributed by atoms with van der Waals surface area (Å²) in [5, 5.41) is 18.3. The lowest BCUT2D eigenvalue weighted by Gasteiger charge is -2.12. The number of rotatable bonds is 6. The molecular weight excluding hydrogens is 509 g/mol. The molecule has 4 aromatic rings. The van der Waals surface area contributed by atoms with Crippen molar-refractivity contribution in [3.05, 3.63) is 76.1 Å². The Kier molecular flexibility index (Phi) is 7.75. The van der Waals surface area contributed by atoms with Crippen LogP contribution < -0.4 is 10.6 Å². The maximum atomic E-state index is 4.81. The fourth-order valence-electron chi connectivity index (χ4n) is 2.98. The summed E-state index contributed by atoms with van der Waals surface area (Å²) in [7, 11) is 1.96. The first-order chi connectivity index (χ1) is 14.2. The smallest absolute Gasteiger partial charge is 0.192 e. The fraction of sp³-hybridized carbons (Fsp3) is 0.238. The van der Waals surface area contributed by atoms with Gasteiger partial charge in [-0.25, -0.2) is 4.99 Å². The zero-order chi connectivity index (χ0) is 20.1. The van der Waals surface area contributed by atoms with E-state index in [1.165, 1.54) is 4.88 Å². The molecule has 0 saturated carbocycles. The van der Waals surface area contributed by atoms with Crippen LogP contribution in [0.5, 0.6) is 0 Å². The molecule has 2 N–H and O–H groups in total. The number of thiophene rings is 1. The molecule has 0 atom stereocenters. The van der Waals surface area contributed by atoms with Gasteiger partial charge >= 0.3 is 0 Å². The molecule has 0 bridgehead atoms. The van der Waals surface area contributed by atoms with Crippen LogP contribution in [-0.4, -0.2) is 25.7 Å². The van der Waals surface area contributed by atoms with E-state index >= 15 is 0 Å². The number of aliphatic imine (C=N–C) groups is 1. The van der Waals surface area contributed by atoms with Gasteiger partial charge in [-0.05, 0) is 36.1 Å². The quantitative estimate of drug-likeness (QED) is 0.224. The van der Waals surface area contributed by atoms with Crippen LogP contribution in [-0.2, 0) is 26.7 Å². The number of aryl methyl sites for hydroxylation is 1. The Hall–Kier alpha value is -2.53. The minimum absolute atomic E-state index is 0. The van der Waals surface area contributed by atoms with Gasteiger partial charge in [0, 0.05) is 23.5 Å². The first kappa shape index (κ1) is 22.2. The van der Waals surface area contributed by atoms with Crippen LogP contribution in [0, 0.1) is 6.92 Å². The predicted octanol–water partition coefficient (Wildman–Crippen LogP) is 3.79. The van der Waals surface area contributed by atoms with Crippen molar-refractivity contribution in [2.75, 3.05) is 0 Å². The van der Waals surface area contributed by atoms with Crippen molar-refractivity contribution in [1.82, 2.24) is 30.4 Å². The lowest BCUT2D eigenvalue weighted by Crippen LogP contribution is -2.37. The Morgan fingerprint density at radius 1 is 1.07 bits per heavy atom. The number of fused-ring (bicyclic) bond motifs is 1. The van der Waals surface area contributed by atoms with E-state index in [0.29, 0.717) is 13.1 Å². The molecule has 0 spiro atoms. The number of halogens is 1. The molecule has 0 aliphatic heterocycles. The Balaban J connectivity index is 0.00000256. The van der Waals surface area contributed by atoms with Crippen LogP contribution >= 0.6 is 35.3 Å². The average Bonchev–Trinajstić information content (AvgIpc) is 3.38. The van der Waals surface area contributed by atoms with E-state index in [9.17, 15) is 0 Å². The van der Waals surface area contributed by atoms with E-state index < -0.39 is 0 Å². The largest absolute Gasteiger partial charge is 0.351 e. The molecule has 0 radical (unpaired) electrons. The monoisotopic (exact) mass is 533 g/mol. The number of hydrogen-bond acceptors (Lipinski definition) is 5. The molecule has 0 aliphatic carbocycles. The van der Waals surface area contributed by atoms with Crippen molar-refractivity contribution in [1.29, 1.82) is 0 Å². The molecule has 0 aliphatic rings. The molecule has 7 nitrogen and oxygen atoms in total. The second kappa shape index (κ2) is 10.5. The van der Waals surface area contributed by atoms with E-state index in [4.69, 9.17) is 4.99 Å². The van der Waals surface area contributed by atoms with E-state index in [0.717, 1.165) is 40.6 Å². The van der Waals surface area contributed by atoms with E-state index in [1.807, 2.05) is 49.0 Å². The maximum absolute atomic E-state index is 4.81. The van der Waals surface area contributed by atoms with E-state index in [2.05, 4.69) is 49.4 Å². The second-order valence-electron chi connectivity index (χ2n) is 6.66. The molecule has 9 heteroatoms. The molecule has 0 fully saturated rings. The second-order valence-corrected chi connectivity index (χ2v) is 7.69. The molecular formula is C21H24IN7S. The van der Waals surface area contributed by atoms with Gasteiger partial charge in [0.25, 0.3) is 0 Å². The topological polar surface area (TPSA) is 80.0 Å². The molecule has 1 aromatic carbocycles. The van der Waals surface area contributed by atoms with Gasteiger partial charge in [-0.2, -0.15) is 0 Å². The van der Waals surface area contributed by atoms with Crippen LogP contribution in [0.15, 0.2) is 59.0 Å². The van der Waals surface area contributed by atoms with Gasteiger partial charge in [0.2, 0.25) is 0 Å². The average molecular weight is 533 g/mol. The highest BCUT2D eigenvalue weighted by molar-refractivity contribution is 14.0. The van der Waals surface area contributed by atoms with Crippen LogP contribution in [0.2, 0.25) is 0 Å². The highest BCUT2D eigenvalue weighted by Gasteiger charge is 2.07. The number of pyridine rings is 1. The number of aromatic nitrogens is 4. The van der Waals surface area contributed by atoms with Crippen LogP contribution in [0.3, 0.4) is 0 Å². The number of guanidine groups is 1. The van der Waals surface area contributed by atoms with Crippen molar-refractivity contribution in [2.45, 2.75) is 26.6 Å². The highest BCUT2D eigenvalue weighted by atomic mass is 127. The van der Waals surface area contributed by atoms with Crippen LogP contribution in [0.4, 0.5) is 0 Å². The summed E-state index contributed by atoms with van der Waals surface area (Å²) in [6.45, 7) is 3.76. The molecule has 156 valence electrons. The summed E-state index contributed by atoms with van der Waals surface area (Å²) in [5.74, 6) is 2.48. The summed E-state index contributed by atoms with van der Waals surface area (Å²) in [6.07, 6.45) is 1.84. The van der Waals surface area contributed by atoms with Gasteiger partial charge in [0.05, 0.1) is 25.2 Å². The molecule has 3 aromatic heterocycles. The molecule has 4 rings (SSSR count). The summed E-state index contributed by atoms with van der Waals surface area (Å²) in [5.41, 5.74) is 2.12. The number of para-hydroxylation sites is 1. The Morgan fingerprint density at radius 3 is 2.67 bits per heavy atom. The zero-order valence-corrected chi connectivity index (χ0v) is 20.0. The Labute approximate surface area is 196 Å².